The zero-order valence-corrected chi connectivity index (χ0v) is 13.0. The summed E-state index contributed by atoms with van der Waals surface area (Å²) in [6.07, 6.45) is 0. The van der Waals surface area contributed by atoms with Crippen molar-refractivity contribution in [2.24, 2.45) is 10.9 Å². The molecule has 0 heterocycles. The third kappa shape index (κ3) is 3.86. The standard InChI is InChI=1S/C14H11BrClFN2O2/c15-12-6-10(17)3-1-8(12)7-21-13-5-9(16)2-4-11(13)14(18)19-20/h1-6,20H,7H2,(H2,18,19). The van der Waals surface area contributed by atoms with Crippen molar-refractivity contribution in [3.05, 3.63) is 62.8 Å². The molecule has 0 aliphatic heterocycles. The van der Waals surface area contributed by atoms with Gasteiger partial charge in [0.15, 0.2) is 5.84 Å². The van der Waals surface area contributed by atoms with Crippen LogP contribution in [-0.2, 0) is 6.61 Å². The zero-order valence-electron chi connectivity index (χ0n) is 10.7. The lowest BCUT2D eigenvalue weighted by atomic mass is 10.2. The molecule has 0 saturated carbocycles. The Kier molecular flexibility index (Phi) is 5.03. The molecule has 0 saturated heterocycles. The molecule has 21 heavy (non-hydrogen) atoms. The molecule has 0 aliphatic rings. The van der Waals surface area contributed by atoms with Crippen molar-refractivity contribution in [1.29, 1.82) is 0 Å². The van der Waals surface area contributed by atoms with Gasteiger partial charge in [-0.1, -0.05) is 38.8 Å². The largest absolute Gasteiger partial charge is 0.488 e. The van der Waals surface area contributed by atoms with Crippen molar-refractivity contribution in [3.8, 4) is 5.75 Å². The molecular formula is C14H11BrClFN2O2. The molecule has 0 unspecified atom stereocenters. The number of amidine groups is 1. The molecule has 7 heteroatoms. The van der Waals surface area contributed by atoms with Gasteiger partial charge in [-0.25, -0.2) is 4.39 Å². The van der Waals surface area contributed by atoms with Gasteiger partial charge < -0.3 is 15.7 Å². The van der Waals surface area contributed by atoms with E-state index in [-0.39, 0.29) is 18.3 Å². The Balaban J connectivity index is 2.25. The zero-order chi connectivity index (χ0) is 15.4. The average Bonchev–Trinajstić information content (AvgIpc) is 2.45. The van der Waals surface area contributed by atoms with Crippen LogP contribution in [0.15, 0.2) is 46.0 Å². The fraction of sp³-hybridized carbons (Fsp3) is 0.0714. The summed E-state index contributed by atoms with van der Waals surface area (Å²) in [5.74, 6) is -0.0559. The predicted molar refractivity (Wildman–Crippen MR) is 82.4 cm³/mol. The van der Waals surface area contributed by atoms with Gasteiger partial charge in [-0.15, -0.1) is 0 Å². The van der Waals surface area contributed by atoms with Gasteiger partial charge in [0.1, 0.15) is 18.2 Å². The highest BCUT2D eigenvalue weighted by Crippen LogP contribution is 2.26. The summed E-state index contributed by atoms with van der Waals surface area (Å²) >= 11 is 9.18. The molecular weight excluding hydrogens is 363 g/mol. The van der Waals surface area contributed by atoms with Crippen LogP contribution in [0.1, 0.15) is 11.1 Å². The molecule has 3 N–H and O–H groups in total. The van der Waals surface area contributed by atoms with Crippen LogP contribution < -0.4 is 10.5 Å². The first kappa shape index (κ1) is 15.6. The molecule has 2 rings (SSSR count). The van der Waals surface area contributed by atoms with Crippen molar-refractivity contribution in [3.63, 3.8) is 0 Å². The molecule has 0 aromatic heterocycles. The number of hydrogen-bond donors (Lipinski definition) is 2. The van der Waals surface area contributed by atoms with E-state index < -0.39 is 0 Å². The Labute approximate surface area is 134 Å². The van der Waals surface area contributed by atoms with E-state index in [1.165, 1.54) is 12.1 Å². The van der Waals surface area contributed by atoms with Crippen molar-refractivity contribution in [2.45, 2.75) is 6.61 Å². The summed E-state index contributed by atoms with van der Waals surface area (Å²) in [6.45, 7) is 0.174. The number of halogens is 3. The van der Waals surface area contributed by atoms with Crippen LogP contribution in [0, 0.1) is 5.82 Å². The molecule has 0 radical (unpaired) electrons. The third-order valence-corrected chi connectivity index (χ3v) is 3.70. The van der Waals surface area contributed by atoms with Crippen LogP contribution in [-0.4, -0.2) is 11.0 Å². The highest BCUT2D eigenvalue weighted by molar-refractivity contribution is 9.10. The van der Waals surface area contributed by atoms with E-state index >= 15 is 0 Å². The van der Waals surface area contributed by atoms with Gasteiger partial charge in [-0.3, -0.25) is 0 Å². The van der Waals surface area contributed by atoms with Gasteiger partial charge in [0.2, 0.25) is 0 Å². The Morgan fingerprint density at radius 3 is 2.76 bits per heavy atom. The van der Waals surface area contributed by atoms with E-state index in [2.05, 4.69) is 21.1 Å². The van der Waals surface area contributed by atoms with Gasteiger partial charge in [-0.05, 0) is 30.3 Å². The maximum Gasteiger partial charge on any atom is 0.173 e. The molecule has 0 amide bonds. The van der Waals surface area contributed by atoms with Gasteiger partial charge >= 0.3 is 0 Å². The summed E-state index contributed by atoms with van der Waals surface area (Å²) < 4.78 is 19.3. The van der Waals surface area contributed by atoms with E-state index in [4.69, 9.17) is 27.3 Å². The number of benzene rings is 2. The number of hydrogen-bond acceptors (Lipinski definition) is 3. The Morgan fingerprint density at radius 1 is 1.33 bits per heavy atom. The Hall–Kier alpha value is -1.79. The number of nitrogens with two attached hydrogens (primary N) is 1. The maximum atomic E-state index is 13.0. The normalized spacial score (nSPS) is 11.5. The van der Waals surface area contributed by atoms with Gasteiger partial charge in [0.25, 0.3) is 0 Å². The van der Waals surface area contributed by atoms with Crippen molar-refractivity contribution in [2.75, 3.05) is 0 Å². The Bertz CT molecular complexity index is 695. The van der Waals surface area contributed by atoms with Crippen LogP contribution in [0.3, 0.4) is 0 Å². The topological polar surface area (TPSA) is 67.8 Å². The first-order valence-electron chi connectivity index (χ1n) is 5.85. The second kappa shape index (κ2) is 6.78. The fourth-order valence-electron chi connectivity index (χ4n) is 1.68. The minimum atomic E-state index is -0.342. The van der Waals surface area contributed by atoms with Crippen LogP contribution in [0.2, 0.25) is 5.02 Å². The molecule has 0 spiro atoms. The molecule has 110 valence electrons. The van der Waals surface area contributed by atoms with Crippen LogP contribution in [0.25, 0.3) is 0 Å². The van der Waals surface area contributed by atoms with Crippen LogP contribution in [0.4, 0.5) is 4.39 Å². The summed E-state index contributed by atoms with van der Waals surface area (Å²) in [5, 5.41) is 12.2. The fourth-order valence-corrected chi connectivity index (χ4v) is 2.30. The second-order valence-corrected chi connectivity index (χ2v) is 5.44. The lowest BCUT2D eigenvalue weighted by molar-refractivity contribution is 0.302. The molecule has 2 aromatic rings. The van der Waals surface area contributed by atoms with E-state index in [0.29, 0.717) is 20.8 Å². The van der Waals surface area contributed by atoms with Gasteiger partial charge in [-0.2, -0.15) is 0 Å². The van der Waals surface area contributed by atoms with E-state index in [1.54, 1.807) is 24.3 Å². The van der Waals surface area contributed by atoms with Gasteiger partial charge in [0, 0.05) is 15.1 Å². The number of nitrogens with zero attached hydrogens (tertiary/aromatic N) is 1. The first-order valence-corrected chi connectivity index (χ1v) is 7.02. The summed E-state index contributed by atoms with van der Waals surface area (Å²) in [7, 11) is 0. The molecule has 0 fully saturated rings. The minimum absolute atomic E-state index is 0.0835. The average molecular weight is 374 g/mol. The maximum absolute atomic E-state index is 13.0. The lowest BCUT2D eigenvalue weighted by Crippen LogP contribution is -2.15. The molecule has 4 nitrogen and oxygen atoms in total. The minimum Gasteiger partial charge on any atom is -0.488 e. The smallest absolute Gasteiger partial charge is 0.173 e. The number of rotatable bonds is 4. The van der Waals surface area contributed by atoms with E-state index in [1.807, 2.05) is 0 Å². The Morgan fingerprint density at radius 2 is 2.10 bits per heavy atom. The van der Waals surface area contributed by atoms with Crippen LogP contribution >= 0.6 is 27.5 Å². The van der Waals surface area contributed by atoms with Crippen molar-refractivity contribution < 1.29 is 14.3 Å². The molecule has 0 aliphatic carbocycles. The van der Waals surface area contributed by atoms with E-state index in [0.717, 1.165) is 5.56 Å². The molecule has 2 aromatic carbocycles. The molecule has 0 bridgehead atoms. The first-order chi connectivity index (χ1) is 10.0. The molecule has 0 atom stereocenters. The van der Waals surface area contributed by atoms with Crippen molar-refractivity contribution >= 4 is 33.4 Å². The highest BCUT2D eigenvalue weighted by Gasteiger charge is 2.10. The highest BCUT2D eigenvalue weighted by atomic mass is 79.9. The summed E-state index contributed by atoms with van der Waals surface area (Å²) in [5.41, 5.74) is 6.75. The van der Waals surface area contributed by atoms with Crippen LogP contribution in [0.5, 0.6) is 5.75 Å². The third-order valence-electron chi connectivity index (χ3n) is 2.73. The summed E-state index contributed by atoms with van der Waals surface area (Å²) in [6, 6.07) is 9.05. The predicted octanol–water partition coefficient (Wildman–Crippen LogP) is 3.92. The number of oxime groups is 1. The lowest BCUT2D eigenvalue weighted by Gasteiger charge is -2.12. The number of ether oxygens (including phenoxy) is 1. The van der Waals surface area contributed by atoms with E-state index in [9.17, 15) is 4.39 Å². The van der Waals surface area contributed by atoms with Gasteiger partial charge in [0.05, 0.1) is 5.56 Å². The SMILES string of the molecule is N/C(=N/O)c1ccc(Cl)cc1OCc1ccc(F)cc1Br. The monoisotopic (exact) mass is 372 g/mol. The summed E-state index contributed by atoms with van der Waals surface area (Å²) in [4.78, 5) is 0. The quantitative estimate of drug-likeness (QED) is 0.369. The second-order valence-electron chi connectivity index (χ2n) is 4.15. The van der Waals surface area contributed by atoms with Crippen molar-refractivity contribution in [1.82, 2.24) is 0 Å².